The van der Waals surface area contributed by atoms with Crippen LogP contribution in [0.15, 0.2) is 36.5 Å². The Labute approximate surface area is 110 Å². The molecule has 0 fully saturated rings. The molecule has 0 unspecified atom stereocenters. The summed E-state index contributed by atoms with van der Waals surface area (Å²) in [6.07, 6.45) is 3.83. The van der Waals surface area contributed by atoms with E-state index in [0.29, 0.717) is 10.6 Å². The number of aromatic nitrogens is 1. The molecule has 0 aliphatic carbocycles. The third-order valence-electron chi connectivity index (χ3n) is 3.04. The number of carbonyl (C=O) groups is 1. The topological polar surface area (TPSA) is 34.0 Å². The van der Waals surface area contributed by atoms with Crippen molar-refractivity contribution < 1.29 is 4.79 Å². The Morgan fingerprint density at radius 3 is 2.89 bits per heavy atom. The van der Waals surface area contributed by atoms with Gasteiger partial charge in [0.1, 0.15) is 0 Å². The van der Waals surface area contributed by atoms with Crippen molar-refractivity contribution >= 4 is 34.8 Å². The van der Waals surface area contributed by atoms with Crippen LogP contribution in [-0.4, -0.2) is 10.5 Å². The number of nitrogens with zero attached hydrogens (tertiary/aromatic N) is 1. The quantitative estimate of drug-likeness (QED) is 0.784. The largest absolute Gasteiger partial charge is 0.351 e. The van der Waals surface area contributed by atoms with Crippen molar-refractivity contribution in [2.45, 2.75) is 0 Å². The molecule has 3 rings (SSSR count). The Morgan fingerprint density at radius 1 is 1.33 bits per heavy atom. The normalized spacial score (nSPS) is 15.9. The van der Waals surface area contributed by atoms with Crippen molar-refractivity contribution in [1.82, 2.24) is 4.57 Å². The van der Waals surface area contributed by atoms with Crippen LogP contribution in [0, 0.1) is 0 Å². The van der Waals surface area contributed by atoms with Gasteiger partial charge in [-0.25, -0.2) is 0 Å². The van der Waals surface area contributed by atoms with Crippen LogP contribution in [0.3, 0.4) is 0 Å². The molecule has 0 radical (unpaired) electrons. The van der Waals surface area contributed by atoms with Gasteiger partial charge in [0.05, 0.1) is 11.3 Å². The molecule has 4 heteroatoms. The molecule has 0 saturated heterocycles. The van der Waals surface area contributed by atoms with E-state index in [1.54, 1.807) is 12.1 Å². The highest BCUT2D eigenvalue weighted by atomic mass is 35.5. The summed E-state index contributed by atoms with van der Waals surface area (Å²) in [6.45, 7) is 0. The Kier molecular flexibility index (Phi) is 2.49. The van der Waals surface area contributed by atoms with Crippen molar-refractivity contribution in [2.75, 3.05) is 5.32 Å². The number of hydrogen-bond acceptors (Lipinski definition) is 1. The lowest BCUT2D eigenvalue weighted by atomic mass is 10.1. The van der Waals surface area contributed by atoms with Crippen LogP contribution in [0.4, 0.5) is 5.69 Å². The molecule has 18 heavy (non-hydrogen) atoms. The van der Waals surface area contributed by atoms with Crippen LogP contribution in [0.1, 0.15) is 11.3 Å². The highest BCUT2D eigenvalue weighted by Gasteiger charge is 2.24. The molecule has 1 amide bonds. The van der Waals surface area contributed by atoms with E-state index in [-0.39, 0.29) is 5.91 Å². The highest BCUT2D eigenvalue weighted by molar-refractivity contribution is 6.36. The summed E-state index contributed by atoms with van der Waals surface area (Å²) in [5, 5.41) is 3.44. The fourth-order valence-electron chi connectivity index (χ4n) is 2.08. The molecular weight excluding hydrogens is 248 g/mol. The van der Waals surface area contributed by atoms with Crippen molar-refractivity contribution in [3.05, 3.63) is 52.8 Å². The number of halogens is 1. The van der Waals surface area contributed by atoms with Crippen molar-refractivity contribution in [1.29, 1.82) is 0 Å². The lowest BCUT2D eigenvalue weighted by Gasteiger charge is -2.00. The zero-order valence-corrected chi connectivity index (χ0v) is 10.5. The summed E-state index contributed by atoms with van der Waals surface area (Å²) in [5.74, 6) is -0.0894. The minimum absolute atomic E-state index is 0.0894. The summed E-state index contributed by atoms with van der Waals surface area (Å²) in [4.78, 5) is 11.9. The molecule has 2 aromatic rings. The van der Waals surface area contributed by atoms with Gasteiger partial charge in [0.15, 0.2) is 0 Å². The van der Waals surface area contributed by atoms with Crippen LogP contribution >= 0.6 is 11.6 Å². The lowest BCUT2D eigenvalue weighted by Crippen LogP contribution is -2.04. The van der Waals surface area contributed by atoms with E-state index >= 15 is 0 Å². The van der Waals surface area contributed by atoms with Crippen LogP contribution in [0.25, 0.3) is 11.6 Å². The maximum absolute atomic E-state index is 11.9. The summed E-state index contributed by atoms with van der Waals surface area (Å²) in [6, 6.07) is 9.33. The molecule has 0 spiro atoms. The van der Waals surface area contributed by atoms with E-state index < -0.39 is 0 Å². The van der Waals surface area contributed by atoms with Crippen LogP contribution in [0.2, 0.25) is 5.02 Å². The standard InChI is InChI=1S/C14H11ClN2O/c1-17-6-2-3-10(17)8-12-11-5-4-9(15)7-13(11)16-14(12)18/h2-8H,1H3,(H,16,18). The summed E-state index contributed by atoms with van der Waals surface area (Å²) in [5.41, 5.74) is 3.32. The molecule has 2 heterocycles. The molecule has 1 aliphatic heterocycles. The fourth-order valence-corrected chi connectivity index (χ4v) is 2.25. The lowest BCUT2D eigenvalue weighted by molar-refractivity contribution is -0.110. The number of anilines is 1. The number of hydrogen-bond donors (Lipinski definition) is 1. The van der Waals surface area contributed by atoms with Gasteiger partial charge in [-0.1, -0.05) is 17.7 Å². The zero-order valence-electron chi connectivity index (χ0n) is 9.77. The Bertz CT molecular complexity index is 670. The third kappa shape index (κ3) is 1.73. The van der Waals surface area contributed by atoms with Gasteiger partial charge in [-0.05, 0) is 30.3 Å². The highest BCUT2D eigenvalue weighted by Crippen LogP contribution is 2.34. The Hall–Kier alpha value is -2.00. The first-order valence-corrected chi connectivity index (χ1v) is 5.97. The maximum Gasteiger partial charge on any atom is 0.256 e. The van der Waals surface area contributed by atoms with Gasteiger partial charge in [-0.15, -0.1) is 0 Å². The SMILES string of the molecule is Cn1cccc1C=C1C(=O)Nc2cc(Cl)ccc21. The monoisotopic (exact) mass is 258 g/mol. The smallest absolute Gasteiger partial charge is 0.256 e. The van der Waals surface area contributed by atoms with E-state index in [4.69, 9.17) is 11.6 Å². The molecule has 0 atom stereocenters. The number of nitrogens with one attached hydrogen (secondary N) is 1. The number of benzene rings is 1. The maximum atomic E-state index is 11.9. The van der Waals surface area contributed by atoms with Gasteiger partial charge >= 0.3 is 0 Å². The van der Waals surface area contributed by atoms with E-state index in [1.807, 2.05) is 42.1 Å². The molecule has 1 aliphatic rings. The number of aryl methyl sites for hydroxylation is 1. The molecular formula is C14H11ClN2O. The van der Waals surface area contributed by atoms with Gasteiger partial charge in [-0.2, -0.15) is 0 Å². The zero-order chi connectivity index (χ0) is 12.7. The molecule has 0 saturated carbocycles. The van der Waals surface area contributed by atoms with Crippen molar-refractivity contribution in [3.63, 3.8) is 0 Å². The summed E-state index contributed by atoms with van der Waals surface area (Å²) in [7, 11) is 1.95. The van der Waals surface area contributed by atoms with Gasteiger partial charge in [-0.3, -0.25) is 4.79 Å². The predicted octanol–water partition coefficient (Wildman–Crippen LogP) is 3.17. The minimum atomic E-state index is -0.0894. The molecule has 1 aromatic carbocycles. The average molecular weight is 259 g/mol. The van der Waals surface area contributed by atoms with Gasteiger partial charge in [0.2, 0.25) is 0 Å². The molecule has 1 aromatic heterocycles. The van der Waals surface area contributed by atoms with Crippen molar-refractivity contribution in [2.24, 2.45) is 7.05 Å². The summed E-state index contributed by atoms with van der Waals surface area (Å²) < 4.78 is 1.97. The second-order valence-electron chi connectivity index (χ2n) is 4.25. The first kappa shape index (κ1) is 11.1. The van der Waals surface area contributed by atoms with E-state index in [2.05, 4.69) is 5.32 Å². The molecule has 3 nitrogen and oxygen atoms in total. The Balaban J connectivity index is 2.12. The number of carbonyl (C=O) groups excluding carboxylic acids is 1. The summed E-state index contributed by atoms with van der Waals surface area (Å²) >= 11 is 5.91. The van der Waals surface area contributed by atoms with E-state index in [9.17, 15) is 4.79 Å². The van der Waals surface area contributed by atoms with Gasteiger partial charge in [0.25, 0.3) is 5.91 Å². The molecule has 0 bridgehead atoms. The van der Waals surface area contributed by atoms with Crippen LogP contribution in [-0.2, 0) is 11.8 Å². The van der Waals surface area contributed by atoms with Gasteiger partial charge in [0, 0.05) is 29.5 Å². The van der Waals surface area contributed by atoms with Crippen molar-refractivity contribution in [3.8, 4) is 0 Å². The number of fused-ring (bicyclic) bond motifs is 1. The third-order valence-corrected chi connectivity index (χ3v) is 3.28. The van der Waals surface area contributed by atoms with Gasteiger partial charge < -0.3 is 9.88 Å². The predicted molar refractivity (Wildman–Crippen MR) is 73.4 cm³/mol. The van der Waals surface area contributed by atoms with E-state index in [1.165, 1.54) is 0 Å². The fraction of sp³-hybridized carbons (Fsp3) is 0.0714. The molecule has 1 N–H and O–H groups in total. The van der Waals surface area contributed by atoms with Crippen LogP contribution < -0.4 is 5.32 Å². The second-order valence-corrected chi connectivity index (χ2v) is 4.68. The first-order chi connectivity index (χ1) is 8.65. The number of amides is 1. The van der Waals surface area contributed by atoms with E-state index in [0.717, 1.165) is 16.9 Å². The minimum Gasteiger partial charge on any atom is -0.351 e. The second kappa shape index (κ2) is 4.03. The van der Waals surface area contributed by atoms with Crippen LogP contribution in [0.5, 0.6) is 0 Å². The Morgan fingerprint density at radius 2 is 2.17 bits per heavy atom. The number of rotatable bonds is 1. The first-order valence-electron chi connectivity index (χ1n) is 5.59. The average Bonchev–Trinajstić information content (AvgIpc) is 2.85. The molecule has 90 valence electrons.